The lowest BCUT2D eigenvalue weighted by Gasteiger charge is -2.16. The number of amides is 1. The Balaban J connectivity index is 2.03. The minimum Gasteiger partial charge on any atom is -0.406 e. The molecule has 0 saturated heterocycles. The molecule has 1 aromatic carbocycles. The molecule has 0 unspecified atom stereocenters. The van der Waals surface area contributed by atoms with Crippen molar-refractivity contribution >= 4 is 28.8 Å². The molecule has 0 aliphatic carbocycles. The molecule has 2 aromatic heterocycles. The van der Waals surface area contributed by atoms with Crippen LogP contribution in [0.25, 0.3) is 16.6 Å². The number of halogens is 4. The molecule has 0 spiro atoms. The summed E-state index contributed by atoms with van der Waals surface area (Å²) in [5.41, 5.74) is 0.287. The van der Waals surface area contributed by atoms with Crippen molar-refractivity contribution in [3.63, 3.8) is 0 Å². The van der Waals surface area contributed by atoms with E-state index in [4.69, 9.17) is 11.6 Å². The molecule has 1 amide bonds. The molecule has 2 heterocycles. The normalized spacial score (nSPS) is 12.2. The van der Waals surface area contributed by atoms with Crippen LogP contribution in [0.5, 0.6) is 5.75 Å². The Morgan fingerprint density at radius 2 is 1.90 bits per heavy atom. The van der Waals surface area contributed by atoms with Crippen molar-refractivity contribution in [1.29, 1.82) is 0 Å². The minimum absolute atomic E-state index is 0.167. The highest BCUT2D eigenvalue weighted by Crippen LogP contribution is 2.35. The number of hydrogen-bond acceptors (Lipinski definition) is 4. The monoisotopic (exact) mass is 427 g/mol. The summed E-state index contributed by atoms with van der Waals surface area (Å²) in [6, 6.07) is 8.40. The summed E-state index contributed by atoms with van der Waals surface area (Å²) < 4.78 is 42.6. The van der Waals surface area contributed by atoms with Crippen molar-refractivity contribution in [2.75, 3.05) is 5.32 Å². The molecule has 6 nitrogen and oxygen atoms in total. The highest BCUT2D eigenvalue weighted by atomic mass is 35.5. The number of fused-ring (bicyclic) bond motifs is 1. The van der Waals surface area contributed by atoms with Gasteiger partial charge in [0.15, 0.2) is 5.82 Å². The minimum atomic E-state index is -4.80. The number of aliphatic hydroxyl groups is 1. The number of anilines is 1. The zero-order valence-electron chi connectivity index (χ0n) is 15.4. The average molecular weight is 428 g/mol. The summed E-state index contributed by atoms with van der Waals surface area (Å²) in [5, 5.41) is 17.2. The number of pyridine rings is 1. The van der Waals surface area contributed by atoms with Gasteiger partial charge < -0.3 is 15.2 Å². The predicted molar refractivity (Wildman–Crippen MR) is 102 cm³/mol. The van der Waals surface area contributed by atoms with Gasteiger partial charge in [-0.2, -0.15) is 0 Å². The van der Waals surface area contributed by atoms with Gasteiger partial charge in [-0.25, -0.2) is 4.52 Å². The number of benzene rings is 1. The van der Waals surface area contributed by atoms with Crippen molar-refractivity contribution in [2.45, 2.75) is 32.2 Å². The molecule has 29 heavy (non-hydrogen) atoms. The number of alkyl halides is 3. The molecule has 154 valence electrons. The van der Waals surface area contributed by atoms with Crippen LogP contribution in [0.2, 0.25) is 5.02 Å². The zero-order chi connectivity index (χ0) is 21.4. The number of hydrogen-bond donors (Lipinski definition) is 2. The third kappa shape index (κ3) is 5.39. The second-order valence-electron chi connectivity index (χ2n) is 7.01. The summed E-state index contributed by atoms with van der Waals surface area (Å²) in [5.74, 6) is -0.653. The van der Waals surface area contributed by atoms with Gasteiger partial charge in [0.1, 0.15) is 5.75 Å². The predicted octanol–water partition coefficient (Wildman–Crippen LogP) is 4.65. The Bertz CT molecular complexity index is 1040. The van der Waals surface area contributed by atoms with Crippen molar-refractivity contribution < 1.29 is 27.8 Å². The highest BCUT2D eigenvalue weighted by Gasteiger charge is 2.31. The van der Waals surface area contributed by atoms with E-state index in [-0.39, 0.29) is 18.0 Å². The number of nitrogens with one attached hydrogen (secondary N) is 1. The summed E-state index contributed by atoms with van der Waals surface area (Å²) in [7, 11) is 0. The van der Waals surface area contributed by atoms with Gasteiger partial charge in [-0.3, -0.25) is 4.79 Å². The maximum atomic E-state index is 12.4. The van der Waals surface area contributed by atoms with Crippen LogP contribution in [0, 0.1) is 0 Å². The molecular formula is C19H17ClF3N3O3. The lowest BCUT2D eigenvalue weighted by molar-refractivity contribution is -0.274. The number of ether oxygens (including phenoxy) is 1. The first kappa shape index (κ1) is 20.9. The summed E-state index contributed by atoms with van der Waals surface area (Å²) >= 11 is 6.07. The molecule has 0 fully saturated rings. The van der Waals surface area contributed by atoms with E-state index in [1.54, 1.807) is 18.3 Å². The first-order chi connectivity index (χ1) is 13.4. The summed E-state index contributed by atoms with van der Waals surface area (Å²) in [6.07, 6.45) is -3.37. The fourth-order valence-corrected chi connectivity index (χ4v) is 2.94. The van der Waals surface area contributed by atoms with Gasteiger partial charge >= 0.3 is 6.36 Å². The van der Waals surface area contributed by atoms with E-state index in [2.05, 4.69) is 15.2 Å². The molecular weight excluding hydrogens is 411 g/mol. The topological polar surface area (TPSA) is 75.9 Å². The maximum Gasteiger partial charge on any atom is 0.573 e. The van der Waals surface area contributed by atoms with Crippen LogP contribution in [0.15, 0.2) is 42.6 Å². The molecule has 0 radical (unpaired) electrons. The number of carbonyl (C=O) groups is 1. The van der Waals surface area contributed by atoms with E-state index in [1.165, 1.54) is 42.6 Å². The fraction of sp³-hybridized carbons (Fsp3) is 0.263. The Morgan fingerprint density at radius 3 is 2.48 bits per heavy atom. The van der Waals surface area contributed by atoms with E-state index < -0.39 is 17.9 Å². The molecule has 0 aliphatic heterocycles. The van der Waals surface area contributed by atoms with Gasteiger partial charge in [-0.1, -0.05) is 23.7 Å². The first-order valence-corrected chi connectivity index (χ1v) is 8.85. The van der Waals surface area contributed by atoms with E-state index in [9.17, 15) is 23.1 Å². The van der Waals surface area contributed by atoms with Crippen LogP contribution in [-0.2, 0) is 4.79 Å². The van der Waals surface area contributed by atoms with Gasteiger partial charge in [0.25, 0.3) is 0 Å². The third-order valence-corrected chi connectivity index (χ3v) is 4.06. The SMILES string of the molecule is CC(C)(O)CC(=O)Nc1nn2ccc(Cl)cc2c1-c1ccc(OC(F)(F)F)cc1. The van der Waals surface area contributed by atoms with Gasteiger partial charge in [-0.05, 0) is 43.7 Å². The van der Waals surface area contributed by atoms with Crippen LogP contribution < -0.4 is 10.1 Å². The molecule has 3 aromatic rings. The maximum absolute atomic E-state index is 12.4. The molecule has 0 atom stereocenters. The molecule has 3 rings (SSSR count). The Kier molecular flexibility index (Phi) is 5.46. The van der Waals surface area contributed by atoms with Crippen LogP contribution in [0.4, 0.5) is 19.0 Å². The van der Waals surface area contributed by atoms with Gasteiger partial charge in [-0.15, -0.1) is 18.3 Å². The molecule has 2 N–H and O–H groups in total. The standard InChI is InChI=1S/C19H17ClF3N3O3/c1-18(2,28)10-15(27)24-17-16(14-9-12(20)7-8-26(14)25-17)11-3-5-13(6-4-11)29-19(21,22)23/h3-9,28H,10H2,1-2H3,(H,24,25,27). The van der Waals surface area contributed by atoms with Crippen LogP contribution in [0.3, 0.4) is 0 Å². The van der Waals surface area contributed by atoms with Crippen LogP contribution in [-0.4, -0.2) is 32.6 Å². The van der Waals surface area contributed by atoms with E-state index in [1.807, 2.05) is 0 Å². The van der Waals surface area contributed by atoms with E-state index in [0.717, 1.165) is 0 Å². The van der Waals surface area contributed by atoms with E-state index in [0.29, 0.717) is 21.7 Å². The van der Waals surface area contributed by atoms with Crippen molar-refractivity contribution in [3.05, 3.63) is 47.6 Å². The summed E-state index contributed by atoms with van der Waals surface area (Å²) in [4.78, 5) is 12.3. The van der Waals surface area contributed by atoms with Gasteiger partial charge in [0.05, 0.1) is 23.1 Å². The van der Waals surface area contributed by atoms with E-state index >= 15 is 0 Å². The smallest absolute Gasteiger partial charge is 0.406 e. The number of nitrogens with zero attached hydrogens (tertiary/aromatic N) is 2. The lowest BCUT2D eigenvalue weighted by atomic mass is 10.0. The highest BCUT2D eigenvalue weighted by molar-refractivity contribution is 6.31. The quantitative estimate of drug-likeness (QED) is 0.621. The molecule has 10 heteroatoms. The molecule has 0 aliphatic rings. The Morgan fingerprint density at radius 1 is 1.24 bits per heavy atom. The lowest BCUT2D eigenvalue weighted by Crippen LogP contribution is -2.27. The third-order valence-electron chi connectivity index (χ3n) is 3.82. The second kappa shape index (κ2) is 7.57. The zero-order valence-corrected chi connectivity index (χ0v) is 16.2. The average Bonchev–Trinajstić information content (AvgIpc) is 2.89. The fourth-order valence-electron chi connectivity index (χ4n) is 2.78. The van der Waals surface area contributed by atoms with Gasteiger partial charge in [0.2, 0.25) is 5.91 Å². The largest absolute Gasteiger partial charge is 0.573 e. The van der Waals surface area contributed by atoms with Crippen molar-refractivity contribution in [2.24, 2.45) is 0 Å². The van der Waals surface area contributed by atoms with Crippen molar-refractivity contribution in [3.8, 4) is 16.9 Å². The van der Waals surface area contributed by atoms with Crippen molar-refractivity contribution in [1.82, 2.24) is 9.61 Å². The first-order valence-electron chi connectivity index (χ1n) is 8.48. The Hall–Kier alpha value is -2.78. The number of rotatable bonds is 5. The molecule has 0 bridgehead atoms. The van der Waals surface area contributed by atoms with Gasteiger partial charge in [0, 0.05) is 11.2 Å². The molecule has 0 saturated carbocycles. The number of aromatic nitrogens is 2. The summed E-state index contributed by atoms with van der Waals surface area (Å²) in [6.45, 7) is 2.99. The van der Waals surface area contributed by atoms with Crippen LogP contribution in [0.1, 0.15) is 20.3 Å². The van der Waals surface area contributed by atoms with Crippen LogP contribution >= 0.6 is 11.6 Å². The number of carbonyl (C=O) groups excluding carboxylic acids is 1. The second-order valence-corrected chi connectivity index (χ2v) is 7.44. The Labute approximate surface area is 168 Å².